The third kappa shape index (κ3) is 3.31. The van der Waals surface area contributed by atoms with Crippen molar-refractivity contribution in [3.8, 4) is 11.9 Å². The van der Waals surface area contributed by atoms with Crippen LogP contribution in [0.5, 0.6) is 5.88 Å². The number of nitriles is 1. The highest BCUT2D eigenvalue weighted by atomic mass is 16.6. The maximum Gasteiger partial charge on any atom is 0.294 e. The average molecular weight is 366 g/mol. The minimum Gasteiger partial charge on any atom is -0.494 e. The van der Waals surface area contributed by atoms with Crippen molar-refractivity contribution in [3.63, 3.8) is 0 Å². The van der Waals surface area contributed by atoms with E-state index in [2.05, 4.69) is 4.99 Å². The average Bonchev–Trinajstić information content (AvgIpc) is 3.16. The van der Waals surface area contributed by atoms with Gasteiger partial charge in [0.1, 0.15) is 17.3 Å². The first-order chi connectivity index (χ1) is 13.0. The van der Waals surface area contributed by atoms with Gasteiger partial charge in [-0.25, -0.2) is 4.99 Å². The van der Waals surface area contributed by atoms with E-state index < -0.39 is 10.5 Å². The van der Waals surface area contributed by atoms with Crippen molar-refractivity contribution in [1.29, 1.82) is 5.26 Å². The minimum absolute atomic E-state index is 0.0521. The fraction of sp³-hybridized carbons (Fsp3) is 0.316. The van der Waals surface area contributed by atoms with Crippen molar-refractivity contribution in [2.45, 2.75) is 38.6 Å². The van der Waals surface area contributed by atoms with Crippen LogP contribution in [0.25, 0.3) is 0 Å². The molecule has 1 aliphatic rings. The molecule has 27 heavy (non-hydrogen) atoms. The summed E-state index contributed by atoms with van der Waals surface area (Å²) >= 11 is 0. The fourth-order valence-electron chi connectivity index (χ4n) is 3.46. The van der Waals surface area contributed by atoms with E-state index in [4.69, 9.17) is 0 Å². The van der Waals surface area contributed by atoms with Gasteiger partial charge in [-0.2, -0.15) is 5.26 Å². The Kier molecular flexibility index (Phi) is 5.03. The summed E-state index contributed by atoms with van der Waals surface area (Å²) in [4.78, 5) is 27.4. The normalized spacial score (nSPS) is 14.5. The van der Waals surface area contributed by atoms with Gasteiger partial charge in [-0.3, -0.25) is 19.5 Å². The first-order valence-corrected chi connectivity index (χ1v) is 8.61. The zero-order chi connectivity index (χ0) is 19.6. The Hall–Kier alpha value is -3.47. The number of nitro benzene ring substituents is 1. The van der Waals surface area contributed by atoms with Gasteiger partial charge in [0.2, 0.25) is 5.88 Å². The van der Waals surface area contributed by atoms with Crippen LogP contribution in [-0.2, 0) is 0 Å². The molecule has 1 saturated carbocycles. The molecule has 0 spiro atoms. The molecule has 0 radical (unpaired) electrons. The summed E-state index contributed by atoms with van der Waals surface area (Å²) in [6.07, 6.45) is 4.68. The van der Waals surface area contributed by atoms with Crippen LogP contribution in [-0.4, -0.2) is 20.8 Å². The first-order valence-electron chi connectivity index (χ1n) is 8.61. The van der Waals surface area contributed by atoms with E-state index in [1.54, 1.807) is 13.0 Å². The second-order valence-corrected chi connectivity index (χ2v) is 6.47. The molecule has 0 unspecified atom stereocenters. The summed E-state index contributed by atoms with van der Waals surface area (Å²) in [6.45, 7) is 1.55. The Morgan fingerprint density at radius 2 is 2.04 bits per heavy atom. The lowest BCUT2D eigenvalue weighted by Gasteiger charge is -2.19. The Morgan fingerprint density at radius 1 is 1.37 bits per heavy atom. The smallest absolute Gasteiger partial charge is 0.294 e. The molecule has 2 aromatic rings. The number of pyridine rings is 1. The lowest BCUT2D eigenvalue weighted by molar-refractivity contribution is -0.384. The van der Waals surface area contributed by atoms with Crippen molar-refractivity contribution in [2.24, 2.45) is 4.99 Å². The van der Waals surface area contributed by atoms with E-state index >= 15 is 0 Å². The van der Waals surface area contributed by atoms with Crippen LogP contribution in [0.15, 0.2) is 34.1 Å². The van der Waals surface area contributed by atoms with Gasteiger partial charge < -0.3 is 5.11 Å². The highest BCUT2D eigenvalue weighted by Crippen LogP contribution is 2.34. The molecule has 0 saturated heterocycles. The number of benzene rings is 1. The molecule has 0 aliphatic heterocycles. The Bertz CT molecular complexity index is 1030. The van der Waals surface area contributed by atoms with Gasteiger partial charge in [0, 0.05) is 18.3 Å². The van der Waals surface area contributed by atoms with Gasteiger partial charge in [0.15, 0.2) is 0 Å². The molecule has 8 heteroatoms. The molecule has 1 aromatic carbocycles. The van der Waals surface area contributed by atoms with E-state index in [0.29, 0.717) is 5.56 Å². The number of aliphatic imine (C=N–C) groups is 1. The van der Waals surface area contributed by atoms with Crippen molar-refractivity contribution < 1.29 is 10.0 Å². The molecule has 0 bridgehead atoms. The van der Waals surface area contributed by atoms with Gasteiger partial charge in [0.05, 0.1) is 10.5 Å². The van der Waals surface area contributed by atoms with E-state index in [9.17, 15) is 25.3 Å². The van der Waals surface area contributed by atoms with Crippen molar-refractivity contribution in [3.05, 3.63) is 61.4 Å². The number of para-hydroxylation sites is 2. The van der Waals surface area contributed by atoms with Gasteiger partial charge in [-0.05, 0) is 31.4 Å². The van der Waals surface area contributed by atoms with E-state index in [-0.39, 0.29) is 34.4 Å². The van der Waals surface area contributed by atoms with Crippen molar-refractivity contribution in [1.82, 2.24) is 4.57 Å². The van der Waals surface area contributed by atoms with Gasteiger partial charge in [-0.1, -0.05) is 25.0 Å². The molecule has 0 atom stereocenters. The Morgan fingerprint density at radius 3 is 2.67 bits per heavy atom. The van der Waals surface area contributed by atoms with Crippen LogP contribution in [0.1, 0.15) is 48.4 Å². The van der Waals surface area contributed by atoms with Gasteiger partial charge in [-0.15, -0.1) is 0 Å². The van der Waals surface area contributed by atoms with Crippen molar-refractivity contribution in [2.75, 3.05) is 0 Å². The van der Waals surface area contributed by atoms with Crippen LogP contribution in [0.3, 0.4) is 0 Å². The van der Waals surface area contributed by atoms with Crippen LogP contribution in [0.4, 0.5) is 11.4 Å². The largest absolute Gasteiger partial charge is 0.494 e. The summed E-state index contributed by atoms with van der Waals surface area (Å²) in [5.74, 6) is -0.259. The summed E-state index contributed by atoms with van der Waals surface area (Å²) in [5.41, 5.74) is -0.0901. The summed E-state index contributed by atoms with van der Waals surface area (Å²) in [7, 11) is 0. The zero-order valence-electron chi connectivity index (χ0n) is 14.8. The Balaban J connectivity index is 2.16. The third-order valence-electron chi connectivity index (χ3n) is 4.89. The number of nitro groups is 1. The minimum atomic E-state index is -0.542. The standard InChI is InChI=1S/C19H18N4O4/c1-12-14(10-20)18(24)22(13-6-2-3-7-13)19(25)15(12)11-21-16-8-4-5-9-17(16)23(26)27/h4-5,8-9,11,13,25H,2-3,6-7H2,1H3. The fourth-order valence-corrected chi connectivity index (χ4v) is 3.46. The highest BCUT2D eigenvalue weighted by molar-refractivity contribution is 5.88. The summed E-state index contributed by atoms with van der Waals surface area (Å²) in [6, 6.07) is 7.72. The number of aromatic nitrogens is 1. The molecule has 138 valence electrons. The predicted octanol–water partition coefficient (Wildman–Crippen LogP) is 3.51. The topological polar surface area (TPSA) is 122 Å². The van der Waals surface area contributed by atoms with Crippen LogP contribution in [0.2, 0.25) is 0 Å². The number of aromatic hydroxyl groups is 1. The van der Waals surface area contributed by atoms with E-state index in [0.717, 1.165) is 25.7 Å². The number of nitrogens with zero attached hydrogens (tertiary/aromatic N) is 4. The second-order valence-electron chi connectivity index (χ2n) is 6.47. The van der Waals surface area contributed by atoms with E-state index in [1.807, 2.05) is 6.07 Å². The van der Waals surface area contributed by atoms with Crippen LogP contribution < -0.4 is 5.56 Å². The molecular formula is C19H18N4O4. The van der Waals surface area contributed by atoms with Gasteiger partial charge in [0.25, 0.3) is 11.2 Å². The number of rotatable bonds is 4. The summed E-state index contributed by atoms with van der Waals surface area (Å²) < 4.78 is 1.26. The number of hydrogen-bond acceptors (Lipinski definition) is 6. The molecule has 1 N–H and O–H groups in total. The molecular weight excluding hydrogens is 348 g/mol. The van der Waals surface area contributed by atoms with E-state index in [1.165, 1.54) is 29.0 Å². The molecule has 1 heterocycles. The lowest BCUT2D eigenvalue weighted by Crippen LogP contribution is -2.28. The SMILES string of the molecule is Cc1c(C=Nc2ccccc2[N+](=O)[O-])c(O)n(C2CCCC2)c(=O)c1C#N. The van der Waals surface area contributed by atoms with Crippen LogP contribution in [0, 0.1) is 28.4 Å². The van der Waals surface area contributed by atoms with Crippen LogP contribution >= 0.6 is 0 Å². The highest BCUT2D eigenvalue weighted by Gasteiger charge is 2.25. The van der Waals surface area contributed by atoms with Gasteiger partial charge >= 0.3 is 0 Å². The molecule has 0 amide bonds. The molecule has 1 aliphatic carbocycles. The quantitative estimate of drug-likeness (QED) is 0.504. The maximum absolute atomic E-state index is 12.6. The molecule has 1 fully saturated rings. The third-order valence-corrected chi connectivity index (χ3v) is 4.89. The van der Waals surface area contributed by atoms with Crippen molar-refractivity contribution >= 4 is 17.6 Å². The maximum atomic E-state index is 12.6. The molecule has 3 rings (SSSR count). The zero-order valence-corrected chi connectivity index (χ0v) is 14.8. The first kappa shape index (κ1) is 18.3. The number of hydrogen-bond donors (Lipinski definition) is 1. The predicted molar refractivity (Wildman–Crippen MR) is 99.7 cm³/mol. The molecule has 1 aromatic heterocycles. The lowest BCUT2D eigenvalue weighted by atomic mass is 10.0. The summed E-state index contributed by atoms with van der Waals surface area (Å²) in [5, 5.41) is 31.3. The second kappa shape index (κ2) is 7.41. The molecule has 8 nitrogen and oxygen atoms in total. The monoisotopic (exact) mass is 366 g/mol. The Labute approximate surface area is 155 Å².